The Labute approximate surface area is 250 Å². The van der Waals surface area contributed by atoms with Gasteiger partial charge < -0.3 is 47.9 Å². The molecular formula is C31H37NO11. The van der Waals surface area contributed by atoms with E-state index in [1.807, 2.05) is 30.3 Å². The van der Waals surface area contributed by atoms with Gasteiger partial charge in [0.15, 0.2) is 23.0 Å². The summed E-state index contributed by atoms with van der Waals surface area (Å²) in [6.45, 7) is -0.188. The Hall–Kier alpha value is -5.00. The van der Waals surface area contributed by atoms with E-state index in [1.165, 1.54) is 69.0 Å². The first-order valence-corrected chi connectivity index (χ1v) is 13.1. The number of nitrogens with one attached hydrogen (secondary N) is 1. The van der Waals surface area contributed by atoms with Crippen LogP contribution in [-0.4, -0.2) is 81.4 Å². The molecule has 3 aromatic rings. The molecule has 12 heteroatoms. The summed E-state index contributed by atoms with van der Waals surface area (Å²) in [5.41, 5.74) is 1.09. The Balaban J connectivity index is 1.96. The van der Waals surface area contributed by atoms with E-state index < -0.39 is 17.9 Å². The number of benzene rings is 3. The first-order chi connectivity index (χ1) is 20.8. The third-order valence-electron chi connectivity index (χ3n) is 6.52. The van der Waals surface area contributed by atoms with Crippen molar-refractivity contribution in [2.24, 2.45) is 0 Å². The Kier molecular flexibility index (Phi) is 11.6. The lowest BCUT2D eigenvalue weighted by atomic mass is 10.0. The summed E-state index contributed by atoms with van der Waals surface area (Å²) in [6, 6.07) is 11.7. The molecule has 0 aliphatic carbocycles. The van der Waals surface area contributed by atoms with E-state index >= 15 is 0 Å². The van der Waals surface area contributed by atoms with Crippen LogP contribution in [0.5, 0.6) is 46.0 Å². The van der Waals surface area contributed by atoms with Crippen LogP contribution in [0.4, 0.5) is 0 Å². The van der Waals surface area contributed by atoms with Gasteiger partial charge in [-0.15, -0.1) is 0 Å². The van der Waals surface area contributed by atoms with Gasteiger partial charge >= 0.3 is 5.97 Å². The summed E-state index contributed by atoms with van der Waals surface area (Å²) in [5.74, 6) is 0.411. The second-order valence-electron chi connectivity index (χ2n) is 8.91. The number of amides is 1. The standard InChI is InChI=1S/C31H37NO11/c1-35-22-15-20(24(37-3)28(41-7)26(22)39-5)30(33)32-19(14-18-12-10-9-11-13-18)17-43-31(34)21-16-23(36-2)27(40-6)29(42-8)25(21)38-4/h9-13,15-16,19H,14,17H2,1-8H3,(H,32,33)/t19-/m0/s1. The van der Waals surface area contributed by atoms with Crippen molar-refractivity contribution in [1.29, 1.82) is 0 Å². The van der Waals surface area contributed by atoms with E-state index in [0.29, 0.717) is 6.42 Å². The van der Waals surface area contributed by atoms with Gasteiger partial charge in [-0.1, -0.05) is 30.3 Å². The largest absolute Gasteiger partial charge is 0.493 e. The van der Waals surface area contributed by atoms with Crippen LogP contribution in [0, 0.1) is 0 Å². The van der Waals surface area contributed by atoms with E-state index in [2.05, 4.69) is 5.32 Å². The van der Waals surface area contributed by atoms with Gasteiger partial charge in [0.05, 0.1) is 68.5 Å². The predicted molar refractivity (Wildman–Crippen MR) is 157 cm³/mol. The van der Waals surface area contributed by atoms with Gasteiger partial charge in [0, 0.05) is 12.1 Å². The van der Waals surface area contributed by atoms with Crippen LogP contribution < -0.4 is 43.2 Å². The first kappa shape index (κ1) is 32.5. The molecule has 0 spiro atoms. The highest BCUT2D eigenvalue weighted by atomic mass is 16.6. The van der Waals surface area contributed by atoms with Gasteiger partial charge in [0.25, 0.3) is 5.91 Å². The number of esters is 1. The average Bonchev–Trinajstić information content (AvgIpc) is 3.04. The molecule has 12 nitrogen and oxygen atoms in total. The van der Waals surface area contributed by atoms with Crippen molar-refractivity contribution in [2.45, 2.75) is 12.5 Å². The fraction of sp³-hybridized carbons (Fsp3) is 0.355. The number of hydrogen-bond donors (Lipinski definition) is 1. The van der Waals surface area contributed by atoms with Gasteiger partial charge in [-0.2, -0.15) is 0 Å². The Bertz CT molecular complexity index is 1410. The molecule has 3 aromatic carbocycles. The summed E-state index contributed by atoms with van der Waals surface area (Å²) in [5, 5.41) is 2.95. The third-order valence-corrected chi connectivity index (χ3v) is 6.52. The zero-order valence-electron chi connectivity index (χ0n) is 25.5. The zero-order chi connectivity index (χ0) is 31.5. The molecule has 1 amide bonds. The van der Waals surface area contributed by atoms with Crippen molar-refractivity contribution in [2.75, 3.05) is 63.5 Å². The Morgan fingerprint density at radius 1 is 0.605 bits per heavy atom. The lowest BCUT2D eigenvalue weighted by Gasteiger charge is -2.22. The van der Waals surface area contributed by atoms with E-state index in [9.17, 15) is 9.59 Å². The molecule has 0 aromatic heterocycles. The Morgan fingerprint density at radius 2 is 1.07 bits per heavy atom. The molecule has 1 N–H and O–H groups in total. The predicted octanol–water partition coefficient (Wildman–Crippen LogP) is 3.95. The normalized spacial score (nSPS) is 11.1. The molecule has 0 heterocycles. The van der Waals surface area contributed by atoms with Crippen molar-refractivity contribution in [1.82, 2.24) is 5.32 Å². The highest BCUT2D eigenvalue weighted by molar-refractivity contribution is 5.99. The summed E-state index contributed by atoms with van der Waals surface area (Å²) >= 11 is 0. The molecule has 232 valence electrons. The summed E-state index contributed by atoms with van der Waals surface area (Å²) in [6.07, 6.45) is 0.346. The van der Waals surface area contributed by atoms with E-state index in [4.69, 9.17) is 42.6 Å². The van der Waals surface area contributed by atoms with Crippen LogP contribution in [0.15, 0.2) is 42.5 Å². The van der Waals surface area contributed by atoms with Crippen LogP contribution in [0.1, 0.15) is 26.3 Å². The molecule has 0 aliphatic heterocycles. The molecule has 0 saturated carbocycles. The van der Waals surface area contributed by atoms with Crippen LogP contribution in [0.2, 0.25) is 0 Å². The minimum atomic E-state index is -0.728. The van der Waals surface area contributed by atoms with Crippen molar-refractivity contribution >= 4 is 11.9 Å². The minimum absolute atomic E-state index is 0.0492. The number of carbonyl (C=O) groups excluding carboxylic acids is 2. The lowest BCUT2D eigenvalue weighted by molar-refractivity contribution is 0.0451. The smallest absolute Gasteiger partial charge is 0.342 e. The minimum Gasteiger partial charge on any atom is -0.493 e. The van der Waals surface area contributed by atoms with Gasteiger partial charge in [0.2, 0.25) is 23.0 Å². The number of rotatable bonds is 15. The quantitative estimate of drug-likeness (QED) is 0.255. The molecule has 3 rings (SSSR count). The van der Waals surface area contributed by atoms with E-state index in [0.717, 1.165) is 5.56 Å². The van der Waals surface area contributed by atoms with Crippen LogP contribution in [0.25, 0.3) is 0 Å². The fourth-order valence-electron chi connectivity index (χ4n) is 4.55. The molecule has 0 aliphatic rings. The van der Waals surface area contributed by atoms with Crippen molar-refractivity contribution in [3.63, 3.8) is 0 Å². The summed E-state index contributed by atoms with van der Waals surface area (Å²) in [7, 11) is 11.4. The van der Waals surface area contributed by atoms with Crippen molar-refractivity contribution in [3.8, 4) is 46.0 Å². The summed E-state index contributed by atoms with van der Waals surface area (Å²) in [4.78, 5) is 27.0. The SMILES string of the molecule is COc1cc(C(=O)N[C@H](COC(=O)c2cc(OC)c(OC)c(OC)c2OC)Cc2ccccc2)c(OC)c(OC)c1OC. The zero-order valence-corrected chi connectivity index (χ0v) is 25.5. The second kappa shape index (κ2) is 15.3. The maximum Gasteiger partial charge on any atom is 0.342 e. The number of ether oxygens (including phenoxy) is 9. The van der Waals surface area contributed by atoms with Gasteiger partial charge in [-0.05, 0) is 12.0 Å². The van der Waals surface area contributed by atoms with E-state index in [-0.39, 0.29) is 63.7 Å². The van der Waals surface area contributed by atoms with E-state index in [1.54, 1.807) is 0 Å². The van der Waals surface area contributed by atoms with Gasteiger partial charge in [-0.25, -0.2) is 4.79 Å². The highest BCUT2D eigenvalue weighted by Crippen LogP contribution is 2.47. The molecule has 1 atom stereocenters. The van der Waals surface area contributed by atoms with Crippen LogP contribution >= 0.6 is 0 Å². The molecule has 0 bridgehead atoms. The molecular weight excluding hydrogens is 562 g/mol. The fourth-order valence-corrected chi connectivity index (χ4v) is 4.55. The molecule has 0 radical (unpaired) electrons. The molecule has 0 saturated heterocycles. The molecule has 0 unspecified atom stereocenters. The van der Waals surface area contributed by atoms with Gasteiger partial charge in [0.1, 0.15) is 12.2 Å². The number of hydrogen-bond acceptors (Lipinski definition) is 11. The monoisotopic (exact) mass is 599 g/mol. The van der Waals surface area contributed by atoms with Crippen molar-refractivity contribution < 1.29 is 52.2 Å². The summed E-state index contributed by atoms with van der Waals surface area (Å²) < 4.78 is 49.2. The van der Waals surface area contributed by atoms with Crippen LogP contribution in [0.3, 0.4) is 0 Å². The maximum atomic E-state index is 13.7. The topological polar surface area (TPSA) is 129 Å². The first-order valence-electron chi connectivity index (χ1n) is 13.1. The Morgan fingerprint density at radius 3 is 1.53 bits per heavy atom. The maximum absolute atomic E-state index is 13.7. The average molecular weight is 600 g/mol. The third kappa shape index (κ3) is 7.08. The molecule has 43 heavy (non-hydrogen) atoms. The highest BCUT2D eigenvalue weighted by Gasteiger charge is 2.29. The van der Waals surface area contributed by atoms with Crippen LogP contribution in [-0.2, 0) is 11.2 Å². The van der Waals surface area contributed by atoms with Gasteiger partial charge in [-0.3, -0.25) is 4.79 Å². The lowest BCUT2D eigenvalue weighted by Crippen LogP contribution is -2.40. The number of carbonyl (C=O) groups is 2. The number of methoxy groups -OCH3 is 8. The van der Waals surface area contributed by atoms with Crippen molar-refractivity contribution in [3.05, 3.63) is 59.2 Å². The second-order valence-corrected chi connectivity index (χ2v) is 8.91. The molecule has 0 fully saturated rings.